The predicted octanol–water partition coefficient (Wildman–Crippen LogP) is 2.37. The lowest BCUT2D eigenvalue weighted by Gasteiger charge is -2.63. The van der Waals surface area contributed by atoms with Gasteiger partial charge in [-0.05, 0) is 54.2 Å². The van der Waals surface area contributed by atoms with Crippen LogP contribution in [0.1, 0.15) is 57.9 Å². The van der Waals surface area contributed by atoms with Crippen LogP contribution in [-0.4, -0.2) is 25.2 Å². The summed E-state index contributed by atoms with van der Waals surface area (Å²) in [6.45, 7) is 5.85. The summed E-state index contributed by atoms with van der Waals surface area (Å²) in [5.74, 6) is 1.64. The minimum atomic E-state index is -0.488. The Bertz CT molecular complexity index is 729. The Morgan fingerprint density at radius 1 is 1.15 bits per heavy atom. The Kier molecular flexibility index (Phi) is 4.41. The van der Waals surface area contributed by atoms with E-state index in [-0.39, 0.29) is 6.61 Å². The molecule has 5 rings (SSSR count). The third-order valence-corrected chi connectivity index (χ3v) is 7.04. The van der Waals surface area contributed by atoms with Crippen molar-refractivity contribution in [3.8, 4) is 11.5 Å². The molecule has 0 aromatic heterocycles. The van der Waals surface area contributed by atoms with Crippen LogP contribution in [0.2, 0.25) is 0 Å². The zero-order valence-electron chi connectivity index (χ0n) is 16.8. The van der Waals surface area contributed by atoms with Crippen LogP contribution in [0.3, 0.4) is 0 Å². The van der Waals surface area contributed by atoms with Gasteiger partial charge in [-0.25, -0.2) is 0 Å². The summed E-state index contributed by atoms with van der Waals surface area (Å²) in [6.07, 6.45) is 8.34. The summed E-state index contributed by atoms with van der Waals surface area (Å²) in [6, 6.07) is 5.98. The number of methoxy groups -OCH3 is 1. The van der Waals surface area contributed by atoms with Crippen molar-refractivity contribution in [2.24, 2.45) is 22.5 Å². The van der Waals surface area contributed by atoms with Crippen LogP contribution in [-0.2, 0) is 11.3 Å². The zero-order chi connectivity index (χ0) is 19.3. The first-order valence-electron chi connectivity index (χ1n) is 10.1. The van der Waals surface area contributed by atoms with Crippen LogP contribution in [0.15, 0.2) is 18.2 Å². The lowest BCUT2D eigenvalue weighted by atomic mass is 9.43. The first kappa shape index (κ1) is 18.6. The molecule has 1 amide bonds. The quantitative estimate of drug-likeness (QED) is 0.770. The fraction of sp³-hybridized carbons (Fsp3) is 0.682. The number of carbonyl (C=O) groups is 1. The molecule has 1 aromatic rings. The maximum absolute atomic E-state index is 11.0. The molecule has 4 atom stereocenters. The summed E-state index contributed by atoms with van der Waals surface area (Å²) < 4.78 is 10.9. The molecule has 4 fully saturated rings. The zero-order valence-corrected chi connectivity index (χ0v) is 16.8. The van der Waals surface area contributed by atoms with Crippen molar-refractivity contribution >= 4 is 5.91 Å². The van der Waals surface area contributed by atoms with Crippen molar-refractivity contribution in [2.75, 3.05) is 13.7 Å². The van der Waals surface area contributed by atoms with Crippen LogP contribution >= 0.6 is 0 Å². The van der Waals surface area contributed by atoms with Crippen LogP contribution < -0.4 is 20.5 Å². The summed E-state index contributed by atoms with van der Waals surface area (Å²) in [7, 11) is 1.63. The van der Waals surface area contributed by atoms with Gasteiger partial charge < -0.3 is 20.5 Å². The monoisotopic (exact) mass is 373 g/mol. The lowest BCUT2D eigenvalue weighted by Crippen LogP contribution is -2.98. The highest BCUT2D eigenvalue weighted by atomic mass is 16.5. The molecule has 5 heteroatoms. The first-order chi connectivity index (χ1) is 12.7. The van der Waals surface area contributed by atoms with Crippen molar-refractivity contribution in [3.63, 3.8) is 0 Å². The molecule has 27 heavy (non-hydrogen) atoms. The molecule has 0 radical (unpaired) electrons. The normalized spacial score (nSPS) is 36.6. The number of hydrogen-bond acceptors (Lipinski definition) is 3. The minimum absolute atomic E-state index is 0.135. The summed E-state index contributed by atoms with van der Waals surface area (Å²) in [4.78, 5) is 11.0. The van der Waals surface area contributed by atoms with Crippen molar-refractivity contribution in [3.05, 3.63) is 23.8 Å². The number of nitrogens with two attached hydrogens (primary N) is 2. The van der Waals surface area contributed by atoms with E-state index in [1.165, 1.54) is 44.1 Å². The Morgan fingerprint density at radius 3 is 2.44 bits per heavy atom. The van der Waals surface area contributed by atoms with E-state index in [2.05, 4.69) is 25.2 Å². The van der Waals surface area contributed by atoms with Crippen LogP contribution in [0.4, 0.5) is 0 Å². The van der Waals surface area contributed by atoms with Crippen molar-refractivity contribution < 1.29 is 19.6 Å². The van der Waals surface area contributed by atoms with Crippen LogP contribution in [0.5, 0.6) is 11.5 Å². The van der Waals surface area contributed by atoms with Gasteiger partial charge in [-0.3, -0.25) is 4.79 Å². The van der Waals surface area contributed by atoms with Crippen molar-refractivity contribution in [1.29, 1.82) is 0 Å². The van der Waals surface area contributed by atoms with E-state index < -0.39 is 5.91 Å². The van der Waals surface area contributed by atoms with Gasteiger partial charge in [-0.1, -0.05) is 13.8 Å². The maximum Gasteiger partial charge on any atom is 0.255 e. The molecule has 1 aromatic carbocycles. The number of benzene rings is 1. The second kappa shape index (κ2) is 6.40. The average molecular weight is 374 g/mol. The highest BCUT2D eigenvalue weighted by Gasteiger charge is 2.62. The standard InChI is InChI=1S/C22H32N2O3/c1-20-7-16-8-21(2,12-20)14-22(9-16,13-20)24-10-15-4-5-17(18(6-15)26-3)27-11-19(23)25/h4-6,16,24H,7-14H2,1-3H3,(H2,23,25)/p+1/t16?,20-,21+,22?. The molecule has 4 bridgehead atoms. The van der Waals surface area contributed by atoms with Gasteiger partial charge in [0.1, 0.15) is 6.54 Å². The molecule has 0 saturated heterocycles. The van der Waals surface area contributed by atoms with E-state index in [1.54, 1.807) is 7.11 Å². The molecule has 4 aliphatic carbocycles. The fourth-order valence-corrected chi connectivity index (χ4v) is 7.21. The second-order valence-corrected chi connectivity index (χ2v) is 10.1. The van der Waals surface area contributed by atoms with E-state index >= 15 is 0 Å². The molecule has 0 spiro atoms. The summed E-state index contributed by atoms with van der Waals surface area (Å²) >= 11 is 0. The summed E-state index contributed by atoms with van der Waals surface area (Å²) in [5, 5.41) is 2.60. The van der Waals surface area contributed by atoms with E-state index in [0.717, 1.165) is 12.5 Å². The highest BCUT2D eigenvalue weighted by molar-refractivity contribution is 5.75. The number of hydrogen-bond donors (Lipinski definition) is 2. The molecule has 5 nitrogen and oxygen atoms in total. The van der Waals surface area contributed by atoms with Crippen molar-refractivity contribution in [2.45, 2.75) is 64.5 Å². The number of primary amides is 1. The van der Waals surface area contributed by atoms with Gasteiger partial charge >= 0.3 is 0 Å². The average Bonchev–Trinajstić information content (AvgIpc) is 2.55. The van der Waals surface area contributed by atoms with Crippen LogP contribution in [0, 0.1) is 16.7 Å². The molecular weight excluding hydrogens is 340 g/mol. The highest BCUT2D eigenvalue weighted by Crippen LogP contribution is 2.65. The number of rotatable bonds is 7. The number of ether oxygens (including phenoxy) is 2. The van der Waals surface area contributed by atoms with Gasteiger partial charge in [-0.15, -0.1) is 0 Å². The Hall–Kier alpha value is -1.75. The Morgan fingerprint density at radius 2 is 1.85 bits per heavy atom. The topological polar surface area (TPSA) is 78.2 Å². The molecule has 4 aliphatic rings. The van der Waals surface area contributed by atoms with Gasteiger partial charge in [0, 0.05) is 24.8 Å². The van der Waals surface area contributed by atoms with Gasteiger partial charge in [-0.2, -0.15) is 0 Å². The van der Waals surface area contributed by atoms with E-state index in [0.29, 0.717) is 27.9 Å². The molecule has 0 heterocycles. The van der Waals surface area contributed by atoms with Gasteiger partial charge in [0.15, 0.2) is 18.1 Å². The van der Waals surface area contributed by atoms with Gasteiger partial charge in [0.25, 0.3) is 5.91 Å². The SMILES string of the molecule is COc1cc(C[NH2+]C23CC4C[C@@](C)(C2)C[C@](C)(C4)C3)ccc1OCC(N)=O. The van der Waals surface area contributed by atoms with Gasteiger partial charge in [0.05, 0.1) is 12.6 Å². The number of carbonyl (C=O) groups excluding carboxylic acids is 1. The Labute approximate surface area is 162 Å². The number of amides is 1. The third-order valence-electron chi connectivity index (χ3n) is 7.04. The van der Waals surface area contributed by atoms with Crippen molar-refractivity contribution in [1.82, 2.24) is 0 Å². The number of quaternary nitrogens is 1. The van der Waals surface area contributed by atoms with Gasteiger partial charge in [0.2, 0.25) is 0 Å². The van der Waals surface area contributed by atoms with E-state index in [1.807, 2.05) is 12.1 Å². The Balaban J connectivity index is 1.46. The van der Waals surface area contributed by atoms with E-state index in [4.69, 9.17) is 15.2 Å². The molecule has 0 aliphatic heterocycles. The molecule has 4 N–H and O–H groups in total. The largest absolute Gasteiger partial charge is 0.493 e. The predicted molar refractivity (Wildman–Crippen MR) is 103 cm³/mol. The fourth-order valence-electron chi connectivity index (χ4n) is 7.21. The van der Waals surface area contributed by atoms with Crippen LogP contribution in [0.25, 0.3) is 0 Å². The smallest absolute Gasteiger partial charge is 0.255 e. The lowest BCUT2D eigenvalue weighted by molar-refractivity contribution is -0.755. The molecule has 2 unspecified atom stereocenters. The molecular formula is C22H33N2O3+. The molecule has 148 valence electrons. The minimum Gasteiger partial charge on any atom is -0.493 e. The first-order valence-corrected chi connectivity index (χ1v) is 10.1. The summed E-state index contributed by atoms with van der Waals surface area (Å²) in [5.41, 5.74) is 7.86. The molecule has 4 saturated carbocycles. The van der Waals surface area contributed by atoms with E-state index in [9.17, 15) is 4.79 Å². The second-order valence-electron chi connectivity index (χ2n) is 10.1. The maximum atomic E-state index is 11.0. The third kappa shape index (κ3) is 3.66.